The van der Waals surface area contributed by atoms with E-state index in [0.29, 0.717) is 5.69 Å². The standard InChI is InChI=1S/C21H18N4O/c1-15-10-11-20-24-19(14-25(20)13-15)16-6-5-9-18(12-16)23-21(26)22-17-7-3-2-4-8-17/h2-14H,1H3,(H2,22,23,26). The fourth-order valence-corrected chi connectivity index (χ4v) is 2.81. The average Bonchev–Trinajstić information content (AvgIpc) is 3.06. The van der Waals surface area contributed by atoms with Crippen LogP contribution in [-0.2, 0) is 0 Å². The number of urea groups is 1. The number of aryl methyl sites for hydroxylation is 1. The molecule has 2 aromatic heterocycles. The normalized spacial score (nSPS) is 10.7. The molecular formula is C21H18N4O. The van der Waals surface area contributed by atoms with Crippen LogP contribution in [0.4, 0.5) is 16.2 Å². The monoisotopic (exact) mass is 342 g/mol. The first-order chi connectivity index (χ1) is 12.7. The largest absolute Gasteiger partial charge is 0.323 e. The van der Waals surface area contributed by atoms with Gasteiger partial charge in [-0.05, 0) is 42.8 Å². The van der Waals surface area contributed by atoms with E-state index in [1.807, 2.05) is 83.5 Å². The predicted octanol–water partition coefficient (Wildman–Crippen LogP) is 4.95. The van der Waals surface area contributed by atoms with E-state index in [1.54, 1.807) is 0 Å². The van der Waals surface area contributed by atoms with Gasteiger partial charge in [0.15, 0.2) is 0 Å². The van der Waals surface area contributed by atoms with Gasteiger partial charge in [0, 0.05) is 29.3 Å². The van der Waals surface area contributed by atoms with E-state index in [4.69, 9.17) is 0 Å². The fraction of sp³-hybridized carbons (Fsp3) is 0.0476. The second-order valence-electron chi connectivity index (χ2n) is 6.12. The summed E-state index contributed by atoms with van der Waals surface area (Å²) in [5.74, 6) is 0. The first-order valence-corrected chi connectivity index (χ1v) is 8.36. The van der Waals surface area contributed by atoms with Crippen LogP contribution >= 0.6 is 0 Å². The highest BCUT2D eigenvalue weighted by Gasteiger charge is 2.07. The van der Waals surface area contributed by atoms with Gasteiger partial charge in [-0.2, -0.15) is 0 Å². The Labute approximate surface area is 151 Å². The van der Waals surface area contributed by atoms with Crippen molar-refractivity contribution in [1.82, 2.24) is 9.38 Å². The minimum Gasteiger partial charge on any atom is -0.308 e. The van der Waals surface area contributed by atoms with Crippen LogP contribution in [0.5, 0.6) is 0 Å². The number of pyridine rings is 1. The third kappa shape index (κ3) is 3.42. The molecule has 0 spiro atoms. The first kappa shape index (κ1) is 15.9. The maximum absolute atomic E-state index is 12.2. The Balaban J connectivity index is 1.55. The second-order valence-corrected chi connectivity index (χ2v) is 6.12. The molecule has 5 nitrogen and oxygen atoms in total. The lowest BCUT2D eigenvalue weighted by molar-refractivity contribution is 0.262. The molecule has 0 radical (unpaired) electrons. The molecule has 0 aliphatic rings. The summed E-state index contributed by atoms with van der Waals surface area (Å²) in [6.07, 6.45) is 4.03. The van der Waals surface area contributed by atoms with Gasteiger partial charge in [0.05, 0.1) is 5.69 Å². The molecule has 4 rings (SSSR count). The zero-order chi connectivity index (χ0) is 17.9. The highest BCUT2D eigenvalue weighted by molar-refractivity contribution is 6.00. The van der Waals surface area contributed by atoms with Crippen molar-refractivity contribution in [3.05, 3.63) is 84.7 Å². The van der Waals surface area contributed by atoms with Crippen LogP contribution in [0.25, 0.3) is 16.9 Å². The van der Waals surface area contributed by atoms with Crippen molar-refractivity contribution in [2.75, 3.05) is 10.6 Å². The van der Waals surface area contributed by atoms with Gasteiger partial charge in [0.2, 0.25) is 0 Å². The minimum atomic E-state index is -0.279. The number of carbonyl (C=O) groups is 1. The zero-order valence-corrected chi connectivity index (χ0v) is 14.3. The summed E-state index contributed by atoms with van der Waals surface area (Å²) >= 11 is 0. The molecular weight excluding hydrogens is 324 g/mol. The van der Waals surface area contributed by atoms with Gasteiger partial charge in [-0.3, -0.25) is 0 Å². The van der Waals surface area contributed by atoms with E-state index in [-0.39, 0.29) is 6.03 Å². The van der Waals surface area contributed by atoms with Crippen molar-refractivity contribution in [1.29, 1.82) is 0 Å². The smallest absolute Gasteiger partial charge is 0.308 e. The number of benzene rings is 2. The van der Waals surface area contributed by atoms with Crippen LogP contribution in [0.1, 0.15) is 5.56 Å². The molecule has 0 aliphatic heterocycles. The molecule has 4 aromatic rings. The van der Waals surface area contributed by atoms with Crippen LogP contribution < -0.4 is 10.6 Å². The number of rotatable bonds is 3. The van der Waals surface area contributed by atoms with Crippen molar-refractivity contribution in [2.45, 2.75) is 6.92 Å². The van der Waals surface area contributed by atoms with Crippen molar-refractivity contribution in [2.24, 2.45) is 0 Å². The lowest BCUT2D eigenvalue weighted by Crippen LogP contribution is -2.19. The van der Waals surface area contributed by atoms with Crippen LogP contribution in [0.3, 0.4) is 0 Å². The number of anilines is 2. The van der Waals surface area contributed by atoms with E-state index >= 15 is 0 Å². The third-order valence-corrected chi connectivity index (χ3v) is 4.05. The second kappa shape index (κ2) is 6.72. The molecule has 128 valence electrons. The number of para-hydroxylation sites is 1. The molecule has 0 unspecified atom stereocenters. The fourth-order valence-electron chi connectivity index (χ4n) is 2.81. The van der Waals surface area contributed by atoms with Crippen LogP contribution in [0.15, 0.2) is 79.1 Å². The molecule has 0 saturated heterocycles. The van der Waals surface area contributed by atoms with Gasteiger partial charge >= 0.3 is 6.03 Å². The Bertz CT molecular complexity index is 1070. The summed E-state index contributed by atoms with van der Waals surface area (Å²) in [5.41, 5.74) is 5.34. The van der Waals surface area contributed by atoms with Gasteiger partial charge in [-0.1, -0.05) is 36.4 Å². The number of nitrogens with zero attached hydrogens (tertiary/aromatic N) is 2. The molecule has 26 heavy (non-hydrogen) atoms. The van der Waals surface area contributed by atoms with Gasteiger partial charge in [-0.25, -0.2) is 9.78 Å². The number of aromatic nitrogens is 2. The van der Waals surface area contributed by atoms with E-state index in [1.165, 1.54) is 5.56 Å². The lowest BCUT2D eigenvalue weighted by atomic mass is 10.1. The molecule has 0 saturated carbocycles. The Morgan fingerprint density at radius 2 is 1.65 bits per heavy atom. The van der Waals surface area contributed by atoms with Crippen molar-refractivity contribution >= 4 is 23.1 Å². The molecule has 0 bridgehead atoms. The number of fused-ring (bicyclic) bond motifs is 1. The molecule has 2 aromatic carbocycles. The summed E-state index contributed by atoms with van der Waals surface area (Å²) in [4.78, 5) is 16.8. The van der Waals surface area contributed by atoms with Crippen molar-refractivity contribution in [3.63, 3.8) is 0 Å². The van der Waals surface area contributed by atoms with Gasteiger partial charge < -0.3 is 15.0 Å². The quantitative estimate of drug-likeness (QED) is 0.553. The van der Waals surface area contributed by atoms with Crippen molar-refractivity contribution < 1.29 is 4.79 Å². The highest BCUT2D eigenvalue weighted by atomic mass is 16.2. The maximum atomic E-state index is 12.2. The minimum absolute atomic E-state index is 0.279. The van der Waals surface area contributed by atoms with Gasteiger partial charge in [-0.15, -0.1) is 0 Å². The van der Waals surface area contributed by atoms with E-state index in [0.717, 1.165) is 22.6 Å². The maximum Gasteiger partial charge on any atom is 0.323 e. The van der Waals surface area contributed by atoms with Crippen molar-refractivity contribution in [3.8, 4) is 11.3 Å². The van der Waals surface area contributed by atoms with E-state index in [9.17, 15) is 4.79 Å². The van der Waals surface area contributed by atoms with Crippen LogP contribution in [-0.4, -0.2) is 15.4 Å². The Kier molecular flexibility index (Phi) is 4.11. The van der Waals surface area contributed by atoms with Gasteiger partial charge in [0.25, 0.3) is 0 Å². The summed E-state index contributed by atoms with van der Waals surface area (Å²) in [7, 11) is 0. The predicted molar refractivity (Wildman–Crippen MR) is 104 cm³/mol. The SMILES string of the molecule is Cc1ccc2nc(-c3cccc(NC(=O)Nc4ccccc4)c3)cn2c1. The number of amides is 2. The summed E-state index contributed by atoms with van der Waals surface area (Å²) < 4.78 is 2.01. The van der Waals surface area contributed by atoms with Crippen LogP contribution in [0, 0.1) is 6.92 Å². The lowest BCUT2D eigenvalue weighted by Gasteiger charge is -2.08. The Hall–Kier alpha value is -3.60. The average molecular weight is 342 g/mol. The number of hydrogen-bond donors (Lipinski definition) is 2. The molecule has 2 heterocycles. The molecule has 0 fully saturated rings. The summed E-state index contributed by atoms with van der Waals surface area (Å²) in [6.45, 7) is 2.05. The Morgan fingerprint density at radius 1 is 0.885 bits per heavy atom. The summed E-state index contributed by atoms with van der Waals surface area (Å²) in [5, 5.41) is 5.67. The van der Waals surface area contributed by atoms with Gasteiger partial charge in [0.1, 0.15) is 5.65 Å². The van der Waals surface area contributed by atoms with Crippen LogP contribution in [0.2, 0.25) is 0 Å². The topological polar surface area (TPSA) is 58.4 Å². The molecule has 2 amide bonds. The Morgan fingerprint density at radius 3 is 2.50 bits per heavy atom. The molecule has 0 aliphatic carbocycles. The number of imidazole rings is 1. The third-order valence-electron chi connectivity index (χ3n) is 4.05. The molecule has 5 heteroatoms. The molecule has 2 N–H and O–H groups in total. The zero-order valence-electron chi connectivity index (χ0n) is 14.3. The summed E-state index contributed by atoms with van der Waals surface area (Å²) in [6, 6.07) is 20.8. The molecule has 0 atom stereocenters. The number of hydrogen-bond acceptors (Lipinski definition) is 2. The number of carbonyl (C=O) groups excluding carboxylic acids is 1. The first-order valence-electron chi connectivity index (χ1n) is 8.36. The van der Waals surface area contributed by atoms with E-state index < -0.39 is 0 Å². The number of nitrogens with one attached hydrogen (secondary N) is 2. The highest BCUT2D eigenvalue weighted by Crippen LogP contribution is 2.23. The van der Waals surface area contributed by atoms with E-state index in [2.05, 4.69) is 22.5 Å².